The molecule has 0 fully saturated rings. The normalized spacial score (nSPS) is 11.5. The number of carbonyl (C=O) groups is 1. The SMILES string of the molecule is CCn1nc(C(=O)N(CCCN(C)C)c2nc3c(C)cccc3s2)cc1C. The topological polar surface area (TPSA) is 54.3 Å². The van der Waals surface area contributed by atoms with Crippen molar-refractivity contribution in [2.75, 3.05) is 32.1 Å². The summed E-state index contributed by atoms with van der Waals surface area (Å²) in [5.41, 5.74) is 3.57. The Balaban J connectivity index is 1.95. The maximum absolute atomic E-state index is 13.3. The fraction of sp³-hybridized carbons (Fsp3) is 0.450. The molecule has 0 bridgehead atoms. The molecule has 2 aromatic heterocycles. The van der Waals surface area contributed by atoms with Crippen molar-refractivity contribution in [3.63, 3.8) is 0 Å². The van der Waals surface area contributed by atoms with E-state index in [1.165, 1.54) is 0 Å². The molecule has 27 heavy (non-hydrogen) atoms. The zero-order valence-corrected chi connectivity index (χ0v) is 17.5. The summed E-state index contributed by atoms with van der Waals surface area (Å²) in [6.45, 7) is 8.34. The highest BCUT2D eigenvalue weighted by atomic mass is 32.1. The number of fused-ring (bicyclic) bond motifs is 1. The Bertz CT molecular complexity index is 943. The van der Waals surface area contributed by atoms with Crippen LogP contribution in [0.2, 0.25) is 0 Å². The summed E-state index contributed by atoms with van der Waals surface area (Å²) >= 11 is 1.56. The van der Waals surface area contributed by atoms with Crippen LogP contribution in [0.25, 0.3) is 10.2 Å². The molecule has 7 heteroatoms. The Hall–Kier alpha value is -2.25. The van der Waals surface area contributed by atoms with Crippen molar-refractivity contribution in [1.82, 2.24) is 19.7 Å². The molecule has 0 unspecified atom stereocenters. The monoisotopic (exact) mass is 385 g/mol. The second-order valence-electron chi connectivity index (χ2n) is 7.02. The molecule has 0 radical (unpaired) electrons. The van der Waals surface area contributed by atoms with Gasteiger partial charge in [-0.1, -0.05) is 23.5 Å². The molecule has 1 amide bonds. The lowest BCUT2D eigenvalue weighted by atomic mass is 10.2. The van der Waals surface area contributed by atoms with E-state index in [1.807, 2.05) is 44.8 Å². The molecule has 0 atom stereocenters. The molecule has 3 aromatic rings. The Kier molecular flexibility index (Phi) is 5.92. The number of nitrogens with zero attached hydrogens (tertiary/aromatic N) is 5. The number of hydrogen-bond donors (Lipinski definition) is 0. The first-order valence-electron chi connectivity index (χ1n) is 9.28. The van der Waals surface area contributed by atoms with E-state index in [-0.39, 0.29) is 5.91 Å². The number of para-hydroxylation sites is 1. The van der Waals surface area contributed by atoms with E-state index in [1.54, 1.807) is 16.2 Å². The van der Waals surface area contributed by atoms with E-state index < -0.39 is 0 Å². The van der Waals surface area contributed by atoms with Crippen molar-refractivity contribution in [1.29, 1.82) is 0 Å². The lowest BCUT2D eigenvalue weighted by Crippen LogP contribution is -2.33. The number of rotatable bonds is 7. The molecule has 0 aliphatic carbocycles. The van der Waals surface area contributed by atoms with Crippen LogP contribution in [0.15, 0.2) is 24.3 Å². The molecule has 144 valence electrons. The fourth-order valence-electron chi connectivity index (χ4n) is 3.09. The average molecular weight is 386 g/mol. The van der Waals surface area contributed by atoms with E-state index in [2.05, 4.69) is 29.1 Å². The largest absolute Gasteiger partial charge is 0.309 e. The van der Waals surface area contributed by atoms with Crippen molar-refractivity contribution >= 4 is 32.6 Å². The Morgan fingerprint density at radius 1 is 1.22 bits per heavy atom. The van der Waals surface area contributed by atoms with Crippen LogP contribution in [-0.2, 0) is 6.54 Å². The van der Waals surface area contributed by atoms with Crippen molar-refractivity contribution in [2.24, 2.45) is 0 Å². The Morgan fingerprint density at radius 2 is 2.00 bits per heavy atom. The molecule has 0 aliphatic rings. The molecular formula is C20H27N5OS. The van der Waals surface area contributed by atoms with Gasteiger partial charge >= 0.3 is 0 Å². The minimum absolute atomic E-state index is 0.0826. The van der Waals surface area contributed by atoms with Gasteiger partial charge in [0.15, 0.2) is 10.8 Å². The van der Waals surface area contributed by atoms with Crippen LogP contribution in [0, 0.1) is 13.8 Å². The van der Waals surface area contributed by atoms with Gasteiger partial charge in [0, 0.05) is 18.8 Å². The van der Waals surface area contributed by atoms with Gasteiger partial charge in [0.2, 0.25) is 0 Å². The second-order valence-corrected chi connectivity index (χ2v) is 8.03. The van der Waals surface area contributed by atoms with Gasteiger partial charge in [-0.05, 0) is 65.5 Å². The number of thiazole rings is 1. The highest BCUT2D eigenvalue weighted by molar-refractivity contribution is 7.22. The van der Waals surface area contributed by atoms with Crippen LogP contribution >= 0.6 is 11.3 Å². The van der Waals surface area contributed by atoms with Crippen LogP contribution in [0.1, 0.15) is 35.1 Å². The average Bonchev–Trinajstić information content (AvgIpc) is 3.22. The number of hydrogen-bond acceptors (Lipinski definition) is 5. The van der Waals surface area contributed by atoms with Gasteiger partial charge in [-0.25, -0.2) is 4.98 Å². The van der Waals surface area contributed by atoms with Crippen LogP contribution in [0.5, 0.6) is 0 Å². The van der Waals surface area contributed by atoms with Gasteiger partial charge in [0.25, 0.3) is 5.91 Å². The Morgan fingerprint density at radius 3 is 2.63 bits per heavy atom. The van der Waals surface area contributed by atoms with Crippen LogP contribution in [0.3, 0.4) is 0 Å². The first kappa shape index (κ1) is 19.5. The van der Waals surface area contributed by atoms with Crippen molar-refractivity contribution in [3.05, 3.63) is 41.2 Å². The molecular weight excluding hydrogens is 358 g/mol. The van der Waals surface area contributed by atoms with Gasteiger partial charge < -0.3 is 4.90 Å². The van der Waals surface area contributed by atoms with Gasteiger partial charge in [-0.2, -0.15) is 5.10 Å². The zero-order chi connectivity index (χ0) is 19.6. The zero-order valence-electron chi connectivity index (χ0n) is 16.7. The lowest BCUT2D eigenvalue weighted by molar-refractivity contribution is 0.0980. The fourth-order valence-corrected chi connectivity index (χ4v) is 4.16. The highest BCUT2D eigenvalue weighted by Crippen LogP contribution is 2.31. The molecule has 0 saturated heterocycles. The third kappa shape index (κ3) is 4.20. The van der Waals surface area contributed by atoms with Crippen LogP contribution in [0.4, 0.5) is 5.13 Å². The van der Waals surface area contributed by atoms with E-state index in [4.69, 9.17) is 4.98 Å². The standard InChI is InChI=1S/C20H27N5OS/c1-6-25-15(3)13-16(22-25)19(26)24(12-8-11-23(4)5)20-21-18-14(2)9-7-10-17(18)27-20/h7,9-10,13H,6,8,11-12H2,1-5H3. The van der Waals surface area contributed by atoms with E-state index in [0.29, 0.717) is 12.2 Å². The quantitative estimate of drug-likeness (QED) is 0.622. The third-order valence-electron chi connectivity index (χ3n) is 4.57. The predicted molar refractivity (Wildman–Crippen MR) is 112 cm³/mol. The van der Waals surface area contributed by atoms with Crippen molar-refractivity contribution in [2.45, 2.75) is 33.7 Å². The first-order valence-corrected chi connectivity index (χ1v) is 10.1. The van der Waals surface area contributed by atoms with Crippen LogP contribution < -0.4 is 4.90 Å². The molecule has 1 aromatic carbocycles. The summed E-state index contributed by atoms with van der Waals surface area (Å²) in [5.74, 6) is -0.0826. The molecule has 0 aliphatic heterocycles. The van der Waals surface area contributed by atoms with Crippen LogP contribution in [-0.4, -0.2) is 52.8 Å². The van der Waals surface area contributed by atoms with E-state index in [9.17, 15) is 4.79 Å². The maximum Gasteiger partial charge on any atom is 0.280 e. The number of aromatic nitrogens is 3. The van der Waals surface area contributed by atoms with Crippen molar-refractivity contribution < 1.29 is 4.79 Å². The molecule has 3 rings (SSSR count). The summed E-state index contributed by atoms with van der Waals surface area (Å²) in [6.07, 6.45) is 0.876. The number of anilines is 1. The number of benzene rings is 1. The second kappa shape index (κ2) is 8.19. The summed E-state index contributed by atoms with van der Waals surface area (Å²) in [4.78, 5) is 22.0. The maximum atomic E-state index is 13.3. The first-order chi connectivity index (χ1) is 12.9. The van der Waals surface area contributed by atoms with Crippen molar-refractivity contribution in [3.8, 4) is 0 Å². The lowest BCUT2D eigenvalue weighted by Gasteiger charge is -2.20. The predicted octanol–water partition coefficient (Wildman–Crippen LogP) is 3.73. The highest BCUT2D eigenvalue weighted by Gasteiger charge is 2.24. The Labute approximate surface area is 164 Å². The minimum Gasteiger partial charge on any atom is -0.309 e. The summed E-state index contributed by atoms with van der Waals surface area (Å²) in [5, 5.41) is 5.22. The van der Waals surface area contributed by atoms with Gasteiger partial charge in [0.1, 0.15) is 0 Å². The minimum atomic E-state index is -0.0826. The van der Waals surface area contributed by atoms with Gasteiger partial charge in [-0.3, -0.25) is 14.4 Å². The number of carbonyl (C=O) groups excluding carboxylic acids is 1. The van der Waals surface area contributed by atoms with E-state index in [0.717, 1.165) is 46.1 Å². The molecule has 0 spiro atoms. The number of amides is 1. The molecule has 2 heterocycles. The molecule has 0 saturated carbocycles. The molecule has 6 nitrogen and oxygen atoms in total. The van der Waals surface area contributed by atoms with Gasteiger partial charge in [0.05, 0.1) is 10.2 Å². The summed E-state index contributed by atoms with van der Waals surface area (Å²) < 4.78 is 2.96. The number of aryl methyl sites for hydroxylation is 3. The van der Waals surface area contributed by atoms with E-state index >= 15 is 0 Å². The smallest absolute Gasteiger partial charge is 0.280 e. The summed E-state index contributed by atoms with van der Waals surface area (Å²) in [6, 6.07) is 8.01. The third-order valence-corrected chi connectivity index (χ3v) is 5.62. The van der Waals surface area contributed by atoms with Gasteiger partial charge in [-0.15, -0.1) is 0 Å². The molecule has 0 N–H and O–H groups in total. The summed E-state index contributed by atoms with van der Waals surface area (Å²) in [7, 11) is 4.08.